The minimum Gasteiger partial charge on any atom is -0.383 e. The van der Waals surface area contributed by atoms with Gasteiger partial charge in [-0.2, -0.15) is 0 Å². The van der Waals surface area contributed by atoms with Gasteiger partial charge in [0.05, 0.1) is 19.7 Å². The van der Waals surface area contributed by atoms with Gasteiger partial charge < -0.3 is 20.7 Å². The van der Waals surface area contributed by atoms with E-state index in [0.717, 1.165) is 12.8 Å². The van der Waals surface area contributed by atoms with Gasteiger partial charge in [-0.15, -0.1) is 12.4 Å². The molecule has 18 heavy (non-hydrogen) atoms. The van der Waals surface area contributed by atoms with Crippen molar-refractivity contribution in [2.75, 3.05) is 39.9 Å². The van der Waals surface area contributed by atoms with Gasteiger partial charge in [-0.1, -0.05) is 13.3 Å². The lowest BCUT2D eigenvalue weighted by molar-refractivity contribution is -0.133. The number of rotatable bonds is 9. The zero-order chi connectivity index (χ0) is 13.1. The zero-order valence-corrected chi connectivity index (χ0v) is 11.9. The van der Waals surface area contributed by atoms with Gasteiger partial charge in [0.1, 0.15) is 0 Å². The second kappa shape index (κ2) is 12.6. The number of hydrogen-bond donors (Lipinski definition) is 2. The summed E-state index contributed by atoms with van der Waals surface area (Å²) >= 11 is 0. The lowest BCUT2D eigenvalue weighted by atomic mass is 10.3. The van der Waals surface area contributed by atoms with E-state index in [1.165, 1.54) is 0 Å². The molecule has 0 saturated carbocycles. The van der Waals surface area contributed by atoms with Crippen molar-refractivity contribution in [3.05, 3.63) is 0 Å². The molecule has 2 amide bonds. The standard InChI is InChI=1S/C11H23N3O3.ClH/c1-3-4-5-14(6-7-17-2)11(16)9-13-10(15)8-12;/h3-9,12H2,1-2H3,(H,13,15);1H. The van der Waals surface area contributed by atoms with Gasteiger partial charge in [0.2, 0.25) is 11.8 Å². The molecule has 108 valence electrons. The van der Waals surface area contributed by atoms with Crippen molar-refractivity contribution in [1.29, 1.82) is 0 Å². The fourth-order valence-electron chi connectivity index (χ4n) is 1.27. The molecule has 0 radical (unpaired) electrons. The topological polar surface area (TPSA) is 84.7 Å². The van der Waals surface area contributed by atoms with Crippen LogP contribution in [0.5, 0.6) is 0 Å². The molecule has 0 aromatic heterocycles. The highest BCUT2D eigenvalue weighted by molar-refractivity contribution is 5.85. The molecule has 0 bridgehead atoms. The number of ether oxygens (including phenoxy) is 1. The number of halogens is 1. The summed E-state index contributed by atoms with van der Waals surface area (Å²) in [6.45, 7) is 3.71. The molecule has 0 fully saturated rings. The maximum atomic E-state index is 11.8. The minimum atomic E-state index is -0.319. The van der Waals surface area contributed by atoms with Crippen molar-refractivity contribution in [3.63, 3.8) is 0 Å². The van der Waals surface area contributed by atoms with Crippen LogP contribution in [0.2, 0.25) is 0 Å². The molecule has 6 nitrogen and oxygen atoms in total. The van der Waals surface area contributed by atoms with E-state index in [4.69, 9.17) is 10.5 Å². The zero-order valence-electron chi connectivity index (χ0n) is 11.1. The SMILES string of the molecule is CCCCN(CCOC)C(=O)CNC(=O)CN.Cl. The van der Waals surface area contributed by atoms with Crippen LogP contribution in [0.1, 0.15) is 19.8 Å². The Morgan fingerprint density at radius 3 is 2.50 bits per heavy atom. The monoisotopic (exact) mass is 281 g/mol. The molecule has 0 atom stereocenters. The summed E-state index contributed by atoms with van der Waals surface area (Å²) < 4.78 is 4.95. The Hall–Kier alpha value is -0.850. The molecule has 0 aliphatic rings. The van der Waals surface area contributed by atoms with Crippen LogP contribution in [0.25, 0.3) is 0 Å². The Balaban J connectivity index is 0. The van der Waals surface area contributed by atoms with E-state index in [0.29, 0.717) is 19.7 Å². The molecule has 0 aromatic rings. The average molecular weight is 282 g/mol. The maximum Gasteiger partial charge on any atom is 0.242 e. The molecule has 0 saturated heterocycles. The molecule has 7 heteroatoms. The van der Waals surface area contributed by atoms with Gasteiger partial charge in [0.15, 0.2) is 0 Å². The third-order valence-electron chi connectivity index (χ3n) is 2.32. The predicted molar refractivity (Wildman–Crippen MR) is 72.7 cm³/mol. The molecule has 0 spiro atoms. The number of nitrogens with zero attached hydrogens (tertiary/aromatic N) is 1. The first-order chi connectivity index (χ1) is 8.15. The normalized spacial score (nSPS) is 9.50. The maximum absolute atomic E-state index is 11.8. The average Bonchev–Trinajstić information content (AvgIpc) is 2.35. The molecule has 0 aliphatic carbocycles. The molecular weight excluding hydrogens is 258 g/mol. The van der Waals surface area contributed by atoms with Crippen LogP contribution in [-0.4, -0.2) is 56.6 Å². The second-order valence-corrected chi connectivity index (χ2v) is 3.71. The van der Waals surface area contributed by atoms with Gasteiger partial charge in [0, 0.05) is 20.2 Å². The van der Waals surface area contributed by atoms with Crippen LogP contribution in [0, 0.1) is 0 Å². The highest BCUT2D eigenvalue weighted by Gasteiger charge is 2.13. The van der Waals surface area contributed by atoms with E-state index < -0.39 is 0 Å². The molecule has 0 rings (SSSR count). The summed E-state index contributed by atoms with van der Waals surface area (Å²) in [5.41, 5.74) is 5.14. The van der Waals surface area contributed by atoms with Crippen molar-refractivity contribution in [2.24, 2.45) is 5.73 Å². The molecule has 0 aliphatic heterocycles. The number of methoxy groups -OCH3 is 1. The third-order valence-corrected chi connectivity index (χ3v) is 2.32. The van der Waals surface area contributed by atoms with Crippen molar-refractivity contribution < 1.29 is 14.3 Å². The highest BCUT2D eigenvalue weighted by atomic mass is 35.5. The quantitative estimate of drug-likeness (QED) is 0.611. The van der Waals surface area contributed by atoms with Gasteiger partial charge in [0.25, 0.3) is 0 Å². The number of amides is 2. The van der Waals surface area contributed by atoms with E-state index in [1.807, 2.05) is 0 Å². The Morgan fingerprint density at radius 2 is 2.00 bits per heavy atom. The van der Waals surface area contributed by atoms with Gasteiger partial charge in [-0.25, -0.2) is 0 Å². The molecule has 3 N–H and O–H groups in total. The van der Waals surface area contributed by atoms with Crippen LogP contribution in [0.4, 0.5) is 0 Å². The highest BCUT2D eigenvalue weighted by Crippen LogP contribution is 1.96. The van der Waals surface area contributed by atoms with Crippen LogP contribution < -0.4 is 11.1 Å². The van der Waals surface area contributed by atoms with Gasteiger partial charge in [-0.05, 0) is 6.42 Å². The molecular formula is C11H24ClN3O3. The lowest BCUT2D eigenvalue weighted by Crippen LogP contribution is -2.43. The Kier molecular flexibility index (Phi) is 13.6. The Bertz CT molecular complexity index is 232. The lowest BCUT2D eigenvalue weighted by Gasteiger charge is -2.22. The number of nitrogens with one attached hydrogen (secondary N) is 1. The largest absolute Gasteiger partial charge is 0.383 e. The van der Waals surface area contributed by atoms with Crippen LogP contribution in [0.15, 0.2) is 0 Å². The Morgan fingerprint density at radius 1 is 1.33 bits per heavy atom. The van der Waals surface area contributed by atoms with Crippen molar-refractivity contribution in [1.82, 2.24) is 10.2 Å². The number of unbranched alkanes of at least 4 members (excludes halogenated alkanes) is 1. The van der Waals surface area contributed by atoms with Gasteiger partial charge >= 0.3 is 0 Å². The summed E-state index contributed by atoms with van der Waals surface area (Å²) in [6.07, 6.45) is 1.96. The minimum absolute atomic E-state index is 0. The Labute approximate surface area is 115 Å². The summed E-state index contributed by atoms with van der Waals surface area (Å²) in [4.78, 5) is 24.4. The molecule has 0 aromatic carbocycles. The predicted octanol–water partition coefficient (Wildman–Crippen LogP) is -0.242. The van der Waals surface area contributed by atoms with E-state index >= 15 is 0 Å². The number of nitrogens with two attached hydrogens (primary N) is 1. The molecule has 0 unspecified atom stereocenters. The number of hydrogen-bond acceptors (Lipinski definition) is 4. The van der Waals surface area contributed by atoms with E-state index in [1.54, 1.807) is 12.0 Å². The second-order valence-electron chi connectivity index (χ2n) is 3.71. The van der Waals surface area contributed by atoms with E-state index in [9.17, 15) is 9.59 Å². The first-order valence-corrected chi connectivity index (χ1v) is 5.89. The number of carbonyl (C=O) groups excluding carboxylic acids is 2. The fraction of sp³-hybridized carbons (Fsp3) is 0.818. The van der Waals surface area contributed by atoms with Crippen molar-refractivity contribution in [3.8, 4) is 0 Å². The summed E-state index contributed by atoms with van der Waals surface area (Å²) in [7, 11) is 1.60. The van der Waals surface area contributed by atoms with Crippen LogP contribution in [-0.2, 0) is 14.3 Å². The number of carbonyl (C=O) groups is 2. The summed E-state index contributed by atoms with van der Waals surface area (Å²) in [5, 5.41) is 2.47. The van der Waals surface area contributed by atoms with Crippen LogP contribution >= 0.6 is 12.4 Å². The van der Waals surface area contributed by atoms with E-state index in [-0.39, 0.29) is 37.3 Å². The van der Waals surface area contributed by atoms with Crippen molar-refractivity contribution >= 4 is 24.2 Å². The van der Waals surface area contributed by atoms with Crippen LogP contribution in [0.3, 0.4) is 0 Å². The first-order valence-electron chi connectivity index (χ1n) is 5.89. The summed E-state index contributed by atoms with van der Waals surface area (Å²) in [6, 6.07) is 0. The first kappa shape index (κ1) is 19.5. The molecule has 0 heterocycles. The summed E-state index contributed by atoms with van der Waals surface area (Å²) in [5.74, 6) is -0.419. The smallest absolute Gasteiger partial charge is 0.242 e. The van der Waals surface area contributed by atoms with Gasteiger partial charge in [-0.3, -0.25) is 9.59 Å². The third kappa shape index (κ3) is 9.21. The fourth-order valence-corrected chi connectivity index (χ4v) is 1.27. The van der Waals surface area contributed by atoms with E-state index in [2.05, 4.69) is 12.2 Å². The van der Waals surface area contributed by atoms with Crippen molar-refractivity contribution in [2.45, 2.75) is 19.8 Å².